The second-order valence-corrected chi connectivity index (χ2v) is 4.45. The SMILES string of the molecule is Cc1cc2c(c(=O)o1)C[C@@H]1CCCO[C@@H]1O2. The largest absolute Gasteiger partial charge is 0.464 e. The number of fused-ring (bicyclic) bond motifs is 2. The van der Waals surface area contributed by atoms with Crippen molar-refractivity contribution < 1.29 is 13.9 Å². The van der Waals surface area contributed by atoms with Gasteiger partial charge in [-0.2, -0.15) is 0 Å². The highest BCUT2D eigenvalue weighted by Gasteiger charge is 2.34. The van der Waals surface area contributed by atoms with Crippen molar-refractivity contribution in [2.45, 2.75) is 32.5 Å². The third-order valence-corrected chi connectivity index (χ3v) is 3.23. The quantitative estimate of drug-likeness (QED) is 0.669. The lowest BCUT2D eigenvalue weighted by atomic mass is 9.91. The third-order valence-electron chi connectivity index (χ3n) is 3.23. The van der Waals surface area contributed by atoms with Crippen LogP contribution in [0.15, 0.2) is 15.3 Å². The van der Waals surface area contributed by atoms with Crippen molar-refractivity contribution in [3.05, 3.63) is 27.8 Å². The lowest BCUT2D eigenvalue weighted by Gasteiger charge is -2.35. The predicted molar refractivity (Wildman–Crippen MR) is 56.5 cm³/mol. The average molecular weight is 222 g/mol. The molecule has 2 aliphatic rings. The molecule has 0 aromatic carbocycles. The van der Waals surface area contributed by atoms with Crippen LogP contribution in [0.5, 0.6) is 5.75 Å². The van der Waals surface area contributed by atoms with Gasteiger partial charge in [-0.1, -0.05) is 0 Å². The molecule has 3 heterocycles. The van der Waals surface area contributed by atoms with Crippen molar-refractivity contribution in [3.63, 3.8) is 0 Å². The molecular formula is C12H14O4. The van der Waals surface area contributed by atoms with Crippen LogP contribution in [0, 0.1) is 12.8 Å². The van der Waals surface area contributed by atoms with Crippen LogP contribution in [0.4, 0.5) is 0 Å². The van der Waals surface area contributed by atoms with Crippen molar-refractivity contribution in [3.8, 4) is 5.75 Å². The van der Waals surface area contributed by atoms with Crippen LogP contribution in [0.25, 0.3) is 0 Å². The molecule has 0 bridgehead atoms. The third kappa shape index (κ3) is 1.53. The highest BCUT2D eigenvalue weighted by atomic mass is 16.7. The second kappa shape index (κ2) is 3.63. The van der Waals surface area contributed by atoms with Gasteiger partial charge in [0.15, 0.2) is 0 Å². The van der Waals surface area contributed by atoms with E-state index in [9.17, 15) is 4.79 Å². The van der Waals surface area contributed by atoms with Gasteiger partial charge in [0.05, 0.1) is 12.2 Å². The van der Waals surface area contributed by atoms with Crippen molar-refractivity contribution in [1.82, 2.24) is 0 Å². The zero-order valence-electron chi connectivity index (χ0n) is 9.19. The molecule has 2 atom stereocenters. The molecule has 0 aliphatic carbocycles. The van der Waals surface area contributed by atoms with Crippen molar-refractivity contribution in [2.24, 2.45) is 5.92 Å². The normalized spacial score (nSPS) is 27.8. The minimum absolute atomic E-state index is 0.178. The monoisotopic (exact) mass is 222 g/mol. The fourth-order valence-corrected chi connectivity index (χ4v) is 2.43. The lowest BCUT2D eigenvalue weighted by Crippen LogP contribution is -2.40. The van der Waals surface area contributed by atoms with Crippen LogP contribution < -0.4 is 10.4 Å². The highest BCUT2D eigenvalue weighted by Crippen LogP contribution is 2.34. The van der Waals surface area contributed by atoms with E-state index in [0.29, 0.717) is 29.4 Å². The van der Waals surface area contributed by atoms with E-state index in [1.165, 1.54) is 0 Å². The molecule has 4 heteroatoms. The molecular weight excluding hydrogens is 208 g/mol. The van der Waals surface area contributed by atoms with Crippen LogP contribution in [-0.4, -0.2) is 12.9 Å². The Morgan fingerprint density at radius 3 is 3.19 bits per heavy atom. The molecule has 0 radical (unpaired) electrons. The molecule has 0 spiro atoms. The predicted octanol–water partition coefficient (Wildman–Crippen LogP) is 1.64. The summed E-state index contributed by atoms with van der Waals surface area (Å²) in [5.41, 5.74) is 0.399. The zero-order valence-corrected chi connectivity index (χ0v) is 9.19. The van der Waals surface area contributed by atoms with Crippen LogP contribution >= 0.6 is 0 Å². The van der Waals surface area contributed by atoms with E-state index in [4.69, 9.17) is 13.9 Å². The van der Waals surface area contributed by atoms with E-state index < -0.39 is 0 Å². The van der Waals surface area contributed by atoms with E-state index in [1.54, 1.807) is 13.0 Å². The number of hydrogen-bond acceptors (Lipinski definition) is 4. The standard InChI is InChI=1S/C12H14O4/c1-7-5-10-9(11(13)15-7)6-8-3-2-4-14-12(8)16-10/h5,8,12H,2-4,6H2,1H3/t8-,12+/m0/s1. The Morgan fingerprint density at radius 2 is 2.31 bits per heavy atom. The topological polar surface area (TPSA) is 48.7 Å². The molecule has 1 aromatic heterocycles. The first-order valence-corrected chi connectivity index (χ1v) is 5.66. The van der Waals surface area contributed by atoms with Crippen LogP contribution in [0.2, 0.25) is 0 Å². The molecule has 0 N–H and O–H groups in total. The first-order chi connectivity index (χ1) is 7.74. The van der Waals surface area contributed by atoms with Crippen molar-refractivity contribution in [2.75, 3.05) is 6.61 Å². The minimum atomic E-state index is -0.265. The van der Waals surface area contributed by atoms with Gasteiger partial charge in [0, 0.05) is 12.0 Å². The first kappa shape index (κ1) is 9.90. The van der Waals surface area contributed by atoms with Gasteiger partial charge in [0.2, 0.25) is 6.29 Å². The van der Waals surface area contributed by atoms with E-state index in [1.807, 2.05) is 0 Å². The van der Waals surface area contributed by atoms with Gasteiger partial charge in [-0.3, -0.25) is 0 Å². The van der Waals surface area contributed by atoms with E-state index in [-0.39, 0.29) is 11.9 Å². The maximum Gasteiger partial charge on any atom is 0.342 e. The van der Waals surface area contributed by atoms with Crippen LogP contribution in [0.3, 0.4) is 0 Å². The molecule has 0 saturated carbocycles. The molecule has 0 unspecified atom stereocenters. The van der Waals surface area contributed by atoms with Gasteiger partial charge in [-0.05, 0) is 26.2 Å². The molecule has 86 valence electrons. The van der Waals surface area contributed by atoms with Crippen molar-refractivity contribution in [1.29, 1.82) is 0 Å². The molecule has 1 aromatic rings. The Balaban J connectivity index is 2.01. The van der Waals surface area contributed by atoms with Crippen LogP contribution in [-0.2, 0) is 11.2 Å². The Morgan fingerprint density at radius 1 is 1.44 bits per heavy atom. The van der Waals surface area contributed by atoms with Crippen molar-refractivity contribution >= 4 is 0 Å². The molecule has 3 rings (SSSR count). The summed E-state index contributed by atoms with van der Waals surface area (Å²) in [6.45, 7) is 2.50. The molecule has 16 heavy (non-hydrogen) atoms. The summed E-state index contributed by atoms with van der Waals surface area (Å²) in [6.07, 6.45) is 2.62. The zero-order chi connectivity index (χ0) is 11.1. The Hall–Kier alpha value is -1.29. The molecule has 0 amide bonds. The fourth-order valence-electron chi connectivity index (χ4n) is 2.43. The maximum absolute atomic E-state index is 11.7. The number of ether oxygens (including phenoxy) is 2. The summed E-state index contributed by atoms with van der Waals surface area (Å²) in [5, 5.41) is 0. The van der Waals surface area contributed by atoms with Gasteiger partial charge >= 0.3 is 5.63 Å². The smallest absolute Gasteiger partial charge is 0.342 e. The summed E-state index contributed by atoms with van der Waals surface area (Å²) >= 11 is 0. The average Bonchev–Trinajstić information content (AvgIpc) is 2.27. The van der Waals surface area contributed by atoms with Gasteiger partial charge in [0.1, 0.15) is 11.5 Å². The lowest BCUT2D eigenvalue weighted by molar-refractivity contribution is -0.149. The molecule has 1 saturated heterocycles. The summed E-state index contributed by atoms with van der Waals surface area (Å²) in [7, 11) is 0. The summed E-state index contributed by atoms with van der Waals surface area (Å²) in [6, 6.07) is 1.77. The number of hydrogen-bond donors (Lipinski definition) is 0. The molecule has 1 fully saturated rings. The minimum Gasteiger partial charge on any atom is -0.464 e. The summed E-state index contributed by atoms with van der Waals surface area (Å²) < 4.78 is 16.4. The second-order valence-electron chi connectivity index (χ2n) is 4.45. The number of rotatable bonds is 0. The summed E-state index contributed by atoms with van der Waals surface area (Å²) in [4.78, 5) is 11.7. The Bertz CT molecular complexity index is 463. The van der Waals surface area contributed by atoms with Gasteiger partial charge in [-0.25, -0.2) is 4.79 Å². The molecule has 2 aliphatic heterocycles. The Kier molecular flexibility index (Phi) is 2.24. The fraction of sp³-hybridized carbons (Fsp3) is 0.583. The molecule has 4 nitrogen and oxygen atoms in total. The van der Waals surface area contributed by atoms with E-state index in [0.717, 1.165) is 19.4 Å². The Labute approximate surface area is 93.2 Å². The summed E-state index contributed by atoms with van der Waals surface area (Å²) in [5.74, 6) is 1.52. The van der Waals surface area contributed by atoms with Crippen LogP contribution in [0.1, 0.15) is 24.2 Å². The van der Waals surface area contributed by atoms with Gasteiger partial charge < -0.3 is 13.9 Å². The maximum atomic E-state index is 11.7. The first-order valence-electron chi connectivity index (χ1n) is 5.66. The van der Waals surface area contributed by atoms with E-state index >= 15 is 0 Å². The van der Waals surface area contributed by atoms with Gasteiger partial charge in [-0.15, -0.1) is 0 Å². The number of aryl methyl sites for hydroxylation is 1. The van der Waals surface area contributed by atoms with E-state index in [2.05, 4.69) is 0 Å². The highest BCUT2D eigenvalue weighted by molar-refractivity contribution is 5.33. The van der Waals surface area contributed by atoms with Gasteiger partial charge in [0.25, 0.3) is 0 Å².